The van der Waals surface area contributed by atoms with Crippen LogP contribution in [0.2, 0.25) is 0 Å². The molecular formula is C9H9N3O4. The molecule has 1 aromatic rings. The van der Waals surface area contributed by atoms with Crippen molar-refractivity contribution in [3.05, 3.63) is 29.8 Å². The first-order valence-corrected chi connectivity index (χ1v) is 4.17. The summed E-state index contributed by atoms with van der Waals surface area (Å²) in [5.41, 5.74) is 5.48. The standard InChI is InChI=1S/C9H9N3O4/c10-7(12-16)8(13)11-6-3-1-5(2-4-6)9(14)15/h1-4,16H,(H2,10,12)(H,11,13)(H,14,15). The fraction of sp³-hybridized carbons (Fsp3) is 0. The number of anilines is 1. The average molecular weight is 223 g/mol. The number of carbonyl (C=O) groups excluding carboxylic acids is 1. The Labute approximate surface area is 90.2 Å². The summed E-state index contributed by atoms with van der Waals surface area (Å²) < 4.78 is 0. The molecule has 7 nitrogen and oxygen atoms in total. The van der Waals surface area contributed by atoms with Crippen LogP contribution < -0.4 is 11.1 Å². The number of carbonyl (C=O) groups is 2. The van der Waals surface area contributed by atoms with Gasteiger partial charge in [-0.25, -0.2) is 4.79 Å². The van der Waals surface area contributed by atoms with Gasteiger partial charge in [0, 0.05) is 5.69 Å². The molecule has 0 unspecified atom stereocenters. The highest BCUT2D eigenvalue weighted by atomic mass is 16.4. The Morgan fingerprint density at radius 2 is 1.81 bits per heavy atom. The Morgan fingerprint density at radius 3 is 2.25 bits per heavy atom. The van der Waals surface area contributed by atoms with Gasteiger partial charge in [-0.1, -0.05) is 5.16 Å². The van der Waals surface area contributed by atoms with Gasteiger partial charge in [-0.3, -0.25) is 4.79 Å². The van der Waals surface area contributed by atoms with E-state index in [1.807, 2.05) is 0 Å². The van der Waals surface area contributed by atoms with Crippen molar-refractivity contribution < 1.29 is 19.9 Å². The molecule has 0 saturated carbocycles. The third-order valence-corrected chi connectivity index (χ3v) is 1.73. The smallest absolute Gasteiger partial charge is 0.335 e. The van der Waals surface area contributed by atoms with Gasteiger partial charge in [0.05, 0.1) is 5.56 Å². The van der Waals surface area contributed by atoms with Gasteiger partial charge >= 0.3 is 5.97 Å². The van der Waals surface area contributed by atoms with Gasteiger partial charge in [0.15, 0.2) is 0 Å². The normalized spacial score (nSPS) is 10.9. The Hall–Kier alpha value is -2.57. The molecule has 5 N–H and O–H groups in total. The van der Waals surface area contributed by atoms with Crippen LogP contribution in [-0.2, 0) is 4.79 Å². The molecule has 1 amide bonds. The molecule has 0 fully saturated rings. The summed E-state index contributed by atoms with van der Waals surface area (Å²) in [5, 5.41) is 21.7. The summed E-state index contributed by atoms with van der Waals surface area (Å²) in [6.07, 6.45) is 0. The second-order valence-corrected chi connectivity index (χ2v) is 2.82. The van der Waals surface area contributed by atoms with Gasteiger partial charge in [0.1, 0.15) is 0 Å². The maximum atomic E-state index is 11.1. The van der Waals surface area contributed by atoms with Crippen molar-refractivity contribution in [3.8, 4) is 0 Å². The molecule has 84 valence electrons. The highest BCUT2D eigenvalue weighted by Crippen LogP contribution is 2.09. The predicted octanol–water partition coefficient (Wildman–Crippen LogP) is 0.0697. The lowest BCUT2D eigenvalue weighted by atomic mass is 10.2. The van der Waals surface area contributed by atoms with E-state index in [1.165, 1.54) is 24.3 Å². The number of aromatic carboxylic acids is 1. The van der Waals surface area contributed by atoms with Gasteiger partial charge in [-0.15, -0.1) is 0 Å². The molecule has 0 spiro atoms. The molecule has 1 rings (SSSR count). The van der Waals surface area contributed by atoms with Crippen LogP contribution >= 0.6 is 0 Å². The van der Waals surface area contributed by atoms with E-state index in [0.717, 1.165) is 0 Å². The van der Waals surface area contributed by atoms with E-state index < -0.39 is 17.7 Å². The zero-order valence-electron chi connectivity index (χ0n) is 8.04. The minimum Gasteiger partial charge on any atom is -0.478 e. The van der Waals surface area contributed by atoms with E-state index in [9.17, 15) is 9.59 Å². The number of nitrogens with zero attached hydrogens (tertiary/aromatic N) is 1. The number of hydrogen-bond acceptors (Lipinski definition) is 4. The van der Waals surface area contributed by atoms with Crippen molar-refractivity contribution in [2.45, 2.75) is 0 Å². The zero-order chi connectivity index (χ0) is 12.1. The van der Waals surface area contributed by atoms with Crippen LogP contribution in [0.4, 0.5) is 5.69 Å². The van der Waals surface area contributed by atoms with Crippen molar-refractivity contribution in [1.82, 2.24) is 0 Å². The summed E-state index contributed by atoms with van der Waals surface area (Å²) in [6, 6.07) is 5.44. The van der Waals surface area contributed by atoms with Crippen molar-refractivity contribution >= 4 is 23.4 Å². The van der Waals surface area contributed by atoms with E-state index >= 15 is 0 Å². The molecule has 0 atom stereocenters. The molecule has 0 bridgehead atoms. The second kappa shape index (κ2) is 4.78. The molecule has 0 saturated heterocycles. The summed E-state index contributed by atoms with van der Waals surface area (Å²) in [4.78, 5) is 21.6. The Bertz CT molecular complexity index is 439. The van der Waals surface area contributed by atoms with Crippen LogP contribution in [0.15, 0.2) is 29.4 Å². The van der Waals surface area contributed by atoms with E-state index in [4.69, 9.17) is 16.0 Å². The highest BCUT2D eigenvalue weighted by molar-refractivity contribution is 6.41. The molecule has 0 aromatic heterocycles. The number of oxime groups is 1. The number of nitrogens with one attached hydrogen (secondary N) is 1. The SMILES string of the molecule is N/C(=N/O)C(=O)Nc1ccc(C(=O)O)cc1. The van der Waals surface area contributed by atoms with Gasteiger partial charge in [0.2, 0.25) is 5.84 Å². The fourth-order valence-corrected chi connectivity index (χ4v) is 0.937. The number of amides is 1. The van der Waals surface area contributed by atoms with Gasteiger partial charge in [0.25, 0.3) is 5.91 Å². The molecule has 0 aliphatic carbocycles. The second-order valence-electron chi connectivity index (χ2n) is 2.82. The molecule has 0 aliphatic rings. The van der Waals surface area contributed by atoms with Crippen LogP contribution in [0.5, 0.6) is 0 Å². The first-order chi connectivity index (χ1) is 7.54. The van der Waals surface area contributed by atoms with Crippen molar-refractivity contribution in [1.29, 1.82) is 0 Å². The summed E-state index contributed by atoms with van der Waals surface area (Å²) >= 11 is 0. The van der Waals surface area contributed by atoms with Crippen LogP contribution in [0, 0.1) is 0 Å². The Morgan fingerprint density at radius 1 is 1.25 bits per heavy atom. The molecule has 0 heterocycles. The minimum atomic E-state index is -1.06. The molecule has 7 heteroatoms. The third kappa shape index (κ3) is 2.71. The predicted molar refractivity (Wildman–Crippen MR) is 55.4 cm³/mol. The lowest BCUT2D eigenvalue weighted by Gasteiger charge is -2.03. The number of rotatable bonds is 2. The van der Waals surface area contributed by atoms with E-state index in [-0.39, 0.29) is 5.56 Å². The number of hydrogen-bond donors (Lipinski definition) is 4. The lowest BCUT2D eigenvalue weighted by molar-refractivity contribution is -0.110. The molecule has 1 aromatic carbocycles. The number of amidine groups is 1. The Balaban J connectivity index is 2.76. The molecule has 16 heavy (non-hydrogen) atoms. The Kier molecular flexibility index (Phi) is 3.44. The quantitative estimate of drug-likeness (QED) is 0.244. The molecular weight excluding hydrogens is 214 g/mol. The monoisotopic (exact) mass is 223 g/mol. The highest BCUT2D eigenvalue weighted by Gasteiger charge is 2.08. The summed E-state index contributed by atoms with van der Waals surface area (Å²) in [5.74, 6) is -2.41. The largest absolute Gasteiger partial charge is 0.478 e. The maximum absolute atomic E-state index is 11.1. The van der Waals surface area contributed by atoms with Crippen LogP contribution in [0.1, 0.15) is 10.4 Å². The zero-order valence-corrected chi connectivity index (χ0v) is 8.04. The average Bonchev–Trinajstić information content (AvgIpc) is 2.28. The van der Waals surface area contributed by atoms with E-state index in [1.54, 1.807) is 0 Å². The maximum Gasteiger partial charge on any atom is 0.335 e. The van der Waals surface area contributed by atoms with Crippen molar-refractivity contribution in [3.63, 3.8) is 0 Å². The number of carboxylic acids is 1. The van der Waals surface area contributed by atoms with Gasteiger partial charge < -0.3 is 21.4 Å². The van der Waals surface area contributed by atoms with Crippen LogP contribution in [0.3, 0.4) is 0 Å². The van der Waals surface area contributed by atoms with E-state index in [2.05, 4.69) is 10.5 Å². The summed E-state index contributed by atoms with van der Waals surface area (Å²) in [7, 11) is 0. The van der Waals surface area contributed by atoms with Crippen LogP contribution in [-0.4, -0.2) is 28.0 Å². The summed E-state index contributed by atoms with van der Waals surface area (Å²) in [6.45, 7) is 0. The fourth-order valence-electron chi connectivity index (χ4n) is 0.937. The number of nitrogens with two attached hydrogens (primary N) is 1. The topological polar surface area (TPSA) is 125 Å². The number of benzene rings is 1. The third-order valence-electron chi connectivity index (χ3n) is 1.73. The van der Waals surface area contributed by atoms with Crippen molar-refractivity contribution in [2.75, 3.05) is 5.32 Å². The van der Waals surface area contributed by atoms with Gasteiger partial charge in [-0.05, 0) is 24.3 Å². The van der Waals surface area contributed by atoms with Crippen molar-refractivity contribution in [2.24, 2.45) is 10.9 Å². The molecule has 0 aliphatic heterocycles. The van der Waals surface area contributed by atoms with E-state index in [0.29, 0.717) is 5.69 Å². The van der Waals surface area contributed by atoms with Gasteiger partial charge in [-0.2, -0.15) is 0 Å². The minimum absolute atomic E-state index is 0.0989. The first-order valence-electron chi connectivity index (χ1n) is 4.17. The lowest BCUT2D eigenvalue weighted by Crippen LogP contribution is -2.30. The van der Waals surface area contributed by atoms with Crippen LogP contribution in [0.25, 0.3) is 0 Å². The molecule has 0 radical (unpaired) electrons. The number of carboxylic acid groups (broad SMARTS) is 1. The first kappa shape index (κ1) is 11.5.